The third kappa shape index (κ3) is 10.3. The van der Waals surface area contributed by atoms with Gasteiger partial charge in [-0.1, -0.05) is 53.4 Å². The monoisotopic (exact) mass is 383 g/mol. The number of nitrogens with zero attached hydrogens (tertiary/aromatic N) is 3. The van der Waals surface area contributed by atoms with Crippen LogP contribution in [0.25, 0.3) is 0 Å². The molecule has 2 fully saturated rings. The van der Waals surface area contributed by atoms with E-state index in [-0.39, 0.29) is 0 Å². The van der Waals surface area contributed by atoms with E-state index in [0.29, 0.717) is 0 Å². The summed E-state index contributed by atoms with van der Waals surface area (Å²) in [7, 11) is 2.23. The minimum atomic E-state index is 0.818. The number of piperazine rings is 1. The lowest BCUT2D eigenvalue weighted by Gasteiger charge is -2.38. The van der Waals surface area contributed by atoms with Crippen molar-refractivity contribution in [2.75, 3.05) is 59.5 Å². The van der Waals surface area contributed by atoms with Gasteiger partial charge in [0.2, 0.25) is 0 Å². The molecular formula is C23H49N3O. The van der Waals surface area contributed by atoms with Gasteiger partial charge in [-0.2, -0.15) is 0 Å². The maximum Gasteiger partial charge on any atom is 0.0594 e. The maximum atomic E-state index is 5.36. The average Bonchev–Trinajstić information content (AvgIpc) is 2.69. The molecule has 0 amide bonds. The van der Waals surface area contributed by atoms with E-state index in [9.17, 15) is 0 Å². The average molecular weight is 384 g/mol. The Morgan fingerprint density at radius 2 is 0.963 bits per heavy atom. The Morgan fingerprint density at radius 3 is 1.33 bits per heavy atom. The molecule has 2 aliphatic rings. The second kappa shape index (κ2) is 15.7. The standard InChI is InChI=1S/C12H26N2.C11H23NO/c1-4-6-12(7-5-2)14-10-8-13(3)9-11-14;1-3-5-11(6-4-2)12-7-9-13-10-8-12/h12H,4-11H2,1-3H3;11H,3-10H2,1-2H3. The molecule has 162 valence electrons. The molecule has 0 aromatic heterocycles. The van der Waals surface area contributed by atoms with Crippen molar-refractivity contribution in [2.24, 2.45) is 0 Å². The molecule has 0 spiro atoms. The Kier molecular flexibility index (Phi) is 14.5. The van der Waals surface area contributed by atoms with Gasteiger partial charge in [0.05, 0.1) is 13.2 Å². The first kappa shape index (κ1) is 24.9. The van der Waals surface area contributed by atoms with Crippen LogP contribution in [-0.4, -0.2) is 86.3 Å². The highest BCUT2D eigenvalue weighted by atomic mass is 16.5. The molecule has 0 aromatic rings. The lowest BCUT2D eigenvalue weighted by Crippen LogP contribution is -2.48. The van der Waals surface area contributed by atoms with Crippen molar-refractivity contribution in [2.45, 2.75) is 91.1 Å². The molecule has 0 aromatic carbocycles. The predicted octanol–water partition coefficient (Wildman–Crippen LogP) is 4.49. The van der Waals surface area contributed by atoms with E-state index in [2.05, 4.69) is 49.4 Å². The van der Waals surface area contributed by atoms with Crippen LogP contribution in [0.3, 0.4) is 0 Å². The zero-order valence-electron chi connectivity index (χ0n) is 19.2. The molecule has 2 rings (SSSR count). The van der Waals surface area contributed by atoms with Crippen LogP contribution in [0.4, 0.5) is 0 Å². The zero-order valence-corrected chi connectivity index (χ0v) is 19.2. The summed E-state index contributed by atoms with van der Waals surface area (Å²) in [6, 6.07) is 1.68. The molecule has 0 atom stereocenters. The van der Waals surface area contributed by atoms with Crippen molar-refractivity contribution < 1.29 is 4.74 Å². The van der Waals surface area contributed by atoms with E-state index in [4.69, 9.17) is 4.74 Å². The summed E-state index contributed by atoms with van der Waals surface area (Å²) >= 11 is 0. The van der Waals surface area contributed by atoms with Crippen molar-refractivity contribution >= 4 is 0 Å². The smallest absolute Gasteiger partial charge is 0.0594 e. The second-order valence-corrected chi connectivity index (χ2v) is 8.45. The fraction of sp³-hybridized carbons (Fsp3) is 1.00. The lowest BCUT2D eigenvalue weighted by atomic mass is 10.0. The fourth-order valence-electron chi connectivity index (χ4n) is 4.48. The molecule has 4 heteroatoms. The van der Waals surface area contributed by atoms with Crippen molar-refractivity contribution in [3.05, 3.63) is 0 Å². The van der Waals surface area contributed by atoms with Crippen molar-refractivity contribution in [3.8, 4) is 0 Å². The van der Waals surface area contributed by atoms with Crippen LogP contribution in [0.2, 0.25) is 0 Å². The third-order valence-electron chi connectivity index (χ3n) is 6.10. The van der Waals surface area contributed by atoms with Crippen LogP contribution in [-0.2, 0) is 4.74 Å². The first-order valence-electron chi connectivity index (χ1n) is 11.9. The molecule has 0 N–H and O–H groups in total. The first-order valence-corrected chi connectivity index (χ1v) is 11.9. The Labute approximate surface area is 170 Å². The van der Waals surface area contributed by atoms with Gasteiger partial charge in [0.15, 0.2) is 0 Å². The molecule has 4 nitrogen and oxygen atoms in total. The van der Waals surface area contributed by atoms with Crippen LogP contribution >= 0.6 is 0 Å². The van der Waals surface area contributed by atoms with Gasteiger partial charge >= 0.3 is 0 Å². The molecule has 2 aliphatic heterocycles. The molecule has 0 unspecified atom stereocenters. The highest BCUT2D eigenvalue weighted by Crippen LogP contribution is 2.15. The highest BCUT2D eigenvalue weighted by molar-refractivity contribution is 4.77. The van der Waals surface area contributed by atoms with Crippen molar-refractivity contribution in [1.82, 2.24) is 14.7 Å². The molecule has 2 heterocycles. The predicted molar refractivity (Wildman–Crippen MR) is 119 cm³/mol. The number of likely N-dealkylation sites (N-methyl/N-ethyl adjacent to an activating group) is 1. The quantitative estimate of drug-likeness (QED) is 0.553. The lowest BCUT2D eigenvalue weighted by molar-refractivity contribution is 0.0126. The van der Waals surface area contributed by atoms with Gasteiger partial charge in [0, 0.05) is 51.4 Å². The van der Waals surface area contributed by atoms with E-state index >= 15 is 0 Å². The molecular weight excluding hydrogens is 334 g/mol. The minimum absolute atomic E-state index is 0.818. The number of hydrogen-bond donors (Lipinski definition) is 0. The highest BCUT2D eigenvalue weighted by Gasteiger charge is 2.21. The van der Waals surface area contributed by atoms with E-state index in [1.165, 1.54) is 77.5 Å². The number of ether oxygens (including phenoxy) is 1. The van der Waals surface area contributed by atoms with E-state index < -0.39 is 0 Å². The Morgan fingerprint density at radius 1 is 0.593 bits per heavy atom. The molecule has 2 saturated heterocycles. The van der Waals surface area contributed by atoms with Gasteiger partial charge in [0.25, 0.3) is 0 Å². The number of morpholine rings is 1. The normalized spacial score (nSPS) is 20.1. The summed E-state index contributed by atoms with van der Waals surface area (Å²) < 4.78 is 5.36. The summed E-state index contributed by atoms with van der Waals surface area (Å²) in [4.78, 5) is 7.74. The zero-order chi connectivity index (χ0) is 19.9. The van der Waals surface area contributed by atoms with Gasteiger partial charge in [-0.25, -0.2) is 0 Å². The van der Waals surface area contributed by atoms with Gasteiger partial charge < -0.3 is 9.64 Å². The summed E-state index contributed by atoms with van der Waals surface area (Å²) in [6.07, 6.45) is 10.8. The molecule has 0 radical (unpaired) electrons. The second-order valence-electron chi connectivity index (χ2n) is 8.45. The van der Waals surface area contributed by atoms with Gasteiger partial charge in [-0.3, -0.25) is 9.80 Å². The van der Waals surface area contributed by atoms with Crippen molar-refractivity contribution in [1.29, 1.82) is 0 Å². The van der Waals surface area contributed by atoms with Gasteiger partial charge in [-0.05, 0) is 32.7 Å². The van der Waals surface area contributed by atoms with Crippen LogP contribution in [0, 0.1) is 0 Å². The number of rotatable bonds is 10. The summed E-state index contributed by atoms with van der Waals surface area (Å²) in [5.41, 5.74) is 0. The fourth-order valence-corrected chi connectivity index (χ4v) is 4.48. The Balaban J connectivity index is 0.000000271. The van der Waals surface area contributed by atoms with Gasteiger partial charge in [0.1, 0.15) is 0 Å². The minimum Gasteiger partial charge on any atom is -0.379 e. The SMILES string of the molecule is CCCC(CCC)N1CCN(C)CC1.CCCC(CCC)N1CCOCC1. The number of hydrogen-bond acceptors (Lipinski definition) is 4. The van der Waals surface area contributed by atoms with Crippen LogP contribution in [0.5, 0.6) is 0 Å². The summed E-state index contributed by atoms with van der Waals surface area (Å²) in [5, 5.41) is 0. The van der Waals surface area contributed by atoms with E-state index in [1.807, 2.05) is 0 Å². The molecule has 0 saturated carbocycles. The van der Waals surface area contributed by atoms with Crippen LogP contribution in [0.15, 0.2) is 0 Å². The van der Waals surface area contributed by atoms with Crippen molar-refractivity contribution in [3.63, 3.8) is 0 Å². The van der Waals surface area contributed by atoms with Crippen LogP contribution < -0.4 is 0 Å². The maximum absolute atomic E-state index is 5.36. The van der Waals surface area contributed by atoms with Gasteiger partial charge in [-0.15, -0.1) is 0 Å². The van der Waals surface area contributed by atoms with E-state index in [1.54, 1.807) is 0 Å². The van der Waals surface area contributed by atoms with E-state index in [0.717, 1.165) is 38.4 Å². The Hall–Kier alpha value is -0.160. The third-order valence-corrected chi connectivity index (χ3v) is 6.10. The molecule has 27 heavy (non-hydrogen) atoms. The first-order chi connectivity index (χ1) is 13.2. The summed E-state index contributed by atoms with van der Waals surface area (Å²) in [6.45, 7) is 18.4. The molecule has 0 bridgehead atoms. The molecule has 0 aliphatic carbocycles. The largest absolute Gasteiger partial charge is 0.379 e. The summed E-state index contributed by atoms with van der Waals surface area (Å²) in [5.74, 6) is 0. The Bertz CT molecular complexity index is 314. The van der Waals surface area contributed by atoms with Crippen LogP contribution in [0.1, 0.15) is 79.1 Å². The topological polar surface area (TPSA) is 19.0 Å².